The second-order valence-electron chi connectivity index (χ2n) is 10.8. The van der Waals surface area contributed by atoms with Crippen LogP contribution in [-0.2, 0) is 11.3 Å². The molecule has 2 saturated heterocycles. The van der Waals surface area contributed by atoms with Gasteiger partial charge in [0.15, 0.2) is 0 Å². The summed E-state index contributed by atoms with van der Waals surface area (Å²) in [7, 11) is 0. The zero-order chi connectivity index (χ0) is 27.0. The number of benzene rings is 2. The number of piperidine rings is 1. The van der Waals surface area contributed by atoms with Crippen LogP contribution in [0.15, 0.2) is 42.5 Å². The number of aromatic nitrogens is 1. The predicted octanol–water partition coefficient (Wildman–Crippen LogP) is 4.55. The lowest BCUT2D eigenvalue weighted by atomic mass is 10.0. The fourth-order valence-electron chi connectivity index (χ4n) is 5.78. The first-order valence-corrected chi connectivity index (χ1v) is 13.5. The number of fused-ring (bicyclic) bond motifs is 1. The quantitative estimate of drug-likeness (QED) is 0.397. The van der Waals surface area contributed by atoms with Gasteiger partial charge in [-0.2, -0.15) is 0 Å². The Morgan fingerprint density at radius 3 is 2.37 bits per heavy atom. The number of halogens is 1. The van der Waals surface area contributed by atoms with Crippen LogP contribution in [0, 0.1) is 12.7 Å². The van der Waals surface area contributed by atoms with Gasteiger partial charge < -0.3 is 14.8 Å². The van der Waals surface area contributed by atoms with E-state index in [0.717, 1.165) is 36.0 Å². The molecule has 0 spiro atoms. The number of carbonyl (C=O) groups is 3. The smallest absolute Gasteiger partial charge is 0.294 e. The highest BCUT2D eigenvalue weighted by molar-refractivity contribution is 6.43. The van der Waals surface area contributed by atoms with Crippen molar-refractivity contribution in [2.75, 3.05) is 26.2 Å². The van der Waals surface area contributed by atoms with Crippen molar-refractivity contribution < 1.29 is 18.8 Å². The summed E-state index contributed by atoms with van der Waals surface area (Å²) in [5.41, 5.74) is 3.40. The summed E-state index contributed by atoms with van der Waals surface area (Å²) >= 11 is 0. The molecule has 5 rings (SSSR count). The number of ketones is 1. The third-order valence-electron chi connectivity index (χ3n) is 7.97. The molecule has 3 aromatic rings. The van der Waals surface area contributed by atoms with Crippen LogP contribution in [0.5, 0.6) is 0 Å². The van der Waals surface area contributed by atoms with E-state index in [0.29, 0.717) is 49.2 Å². The van der Waals surface area contributed by atoms with Crippen LogP contribution in [0.1, 0.15) is 65.1 Å². The van der Waals surface area contributed by atoms with Crippen molar-refractivity contribution in [1.82, 2.24) is 19.7 Å². The second kappa shape index (κ2) is 10.7. The fourth-order valence-corrected chi connectivity index (χ4v) is 5.78. The molecule has 1 N–H and O–H groups in total. The largest absolute Gasteiger partial charge is 0.358 e. The summed E-state index contributed by atoms with van der Waals surface area (Å²) in [5, 5.41) is 0.665. The van der Waals surface area contributed by atoms with E-state index in [1.54, 1.807) is 35.2 Å². The van der Waals surface area contributed by atoms with E-state index in [1.165, 1.54) is 12.1 Å². The minimum atomic E-state index is -0.526. The topological polar surface area (TPSA) is 76.7 Å². The minimum absolute atomic E-state index is 0.0333. The zero-order valence-electron chi connectivity index (χ0n) is 22.3. The summed E-state index contributed by atoms with van der Waals surface area (Å²) in [6, 6.07) is 11.8. The standard InChI is InChI=1S/C30H35FN4O3/c1-19-17-35(20(2)16-34(19)18-22-7-10-24(31)11-8-22)29(37)27-21(3)32-26-12-9-23(15-25(26)27)28(36)30(38)33-13-5-4-6-14-33/h7-12,15,19-20,32H,4-6,13-14,16-18H2,1-3H3/t19-,20+/m0/s1. The van der Waals surface area contributed by atoms with E-state index in [9.17, 15) is 18.8 Å². The molecule has 0 radical (unpaired) electrons. The third-order valence-corrected chi connectivity index (χ3v) is 7.97. The van der Waals surface area contributed by atoms with Crippen molar-refractivity contribution in [3.8, 4) is 0 Å². The molecule has 38 heavy (non-hydrogen) atoms. The molecule has 200 valence electrons. The maximum Gasteiger partial charge on any atom is 0.294 e. The Morgan fingerprint density at radius 2 is 1.66 bits per heavy atom. The van der Waals surface area contributed by atoms with Gasteiger partial charge in [0.25, 0.3) is 11.8 Å². The predicted molar refractivity (Wildman–Crippen MR) is 145 cm³/mol. The van der Waals surface area contributed by atoms with Crippen molar-refractivity contribution in [1.29, 1.82) is 0 Å². The molecule has 1 aromatic heterocycles. The zero-order valence-corrected chi connectivity index (χ0v) is 22.3. The van der Waals surface area contributed by atoms with Gasteiger partial charge in [-0.25, -0.2) is 4.39 Å². The molecular weight excluding hydrogens is 483 g/mol. The number of carbonyl (C=O) groups excluding carboxylic acids is 3. The van der Waals surface area contributed by atoms with E-state index in [4.69, 9.17) is 0 Å². The van der Waals surface area contributed by atoms with Crippen LogP contribution in [0.2, 0.25) is 0 Å². The van der Waals surface area contributed by atoms with Gasteiger partial charge in [0.2, 0.25) is 5.78 Å². The molecule has 8 heteroatoms. The molecule has 7 nitrogen and oxygen atoms in total. The third kappa shape index (κ3) is 5.10. The Balaban J connectivity index is 1.36. The van der Waals surface area contributed by atoms with Crippen LogP contribution in [0.4, 0.5) is 4.39 Å². The maximum absolute atomic E-state index is 13.9. The van der Waals surface area contributed by atoms with Crippen LogP contribution in [0.25, 0.3) is 10.9 Å². The number of aryl methyl sites for hydroxylation is 1. The van der Waals surface area contributed by atoms with Crippen LogP contribution < -0.4 is 0 Å². The monoisotopic (exact) mass is 518 g/mol. The Morgan fingerprint density at radius 1 is 0.947 bits per heavy atom. The number of likely N-dealkylation sites (tertiary alicyclic amines) is 1. The van der Waals surface area contributed by atoms with Gasteiger partial charge in [-0.1, -0.05) is 12.1 Å². The number of piperazine rings is 1. The summed E-state index contributed by atoms with van der Waals surface area (Å²) in [4.78, 5) is 48.9. The van der Waals surface area contributed by atoms with Crippen LogP contribution in [-0.4, -0.2) is 75.5 Å². The van der Waals surface area contributed by atoms with E-state index in [2.05, 4.69) is 16.8 Å². The van der Waals surface area contributed by atoms with E-state index < -0.39 is 11.7 Å². The summed E-state index contributed by atoms with van der Waals surface area (Å²) < 4.78 is 13.3. The van der Waals surface area contributed by atoms with Gasteiger partial charge in [-0.3, -0.25) is 19.3 Å². The van der Waals surface area contributed by atoms with Crippen molar-refractivity contribution >= 4 is 28.5 Å². The van der Waals surface area contributed by atoms with Gasteiger partial charge in [-0.15, -0.1) is 0 Å². The second-order valence-corrected chi connectivity index (χ2v) is 10.8. The van der Waals surface area contributed by atoms with Gasteiger partial charge in [0.05, 0.1) is 5.56 Å². The lowest BCUT2D eigenvalue weighted by Gasteiger charge is -2.44. The van der Waals surface area contributed by atoms with E-state index >= 15 is 0 Å². The van der Waals surface area contributed by atoms with Crippen molar-refractivity contribution in [2.24, 2.45) is 0 Å². The van der Waals surface area contributed by atoms with E-state index in [1.807, 2.05) is 18.7 Å². The van der Waals surface area contributed by atoms with Crippen LogP contribution >= 0.6 is 0 Å². The molecule has 0 unspecified atom stereocenters. The molecule has 3 heterocycles. The van der Waals surface area contributed by atoms with Gasteiger partial charge in [0, 0.05) is 67.0 Å². The molecule has 2 aliphatic heterocycles. The highest BCUT2D eigenvalue weighted by atomic mass is 19.1. The number of amides is 2. The number of Topliss-reactive ketones (excluding diaryl/α,β-unsaturated/α-hetero) is 1. The average Bonchev–Trinajstić information content (AvgIpc) is 3.25. The summed E-state index contributed by atoms with van der Waals surface area (Å²) in [6.45, 7) is 9.17. The molecule has 2 aliphatic rings. The first kappa shape index (κ1) is 26.1. The van der Waals surface area contributed by atoms with Crippen molar-refractivity contribution in [2.45, 2.75) is 58.7 Å². The normalized spacial score (nSPS) is 20.6. The van der Waals surface area contributed by atoms with E-state index in [-0.39, 0.29) is 23.8 Å². The first-order valence-electron chi connectivity index (χ1n) is 13.5. The first-order chi connectivity index (χ1) is 18.2. The molecule has 2 amide bonds. The Kier molecular flexibility index (Phi) is 7.34. The molecule has 2 fully saturated rings. The Hall–Kier alpha value is -3.52. The number of hydrogen-bond donors (Lipinski definition) is 1. The molecule has 0 saturated carbocycles. The highest BCUT2D eigenvalue weighted by Gasteiger charge is 2.34. The van der Waals surface area contributed by atoms with Crippen molar-refractivity contribution in [3.63, 3.8) is 0 Å². The number of hydrogen-bond acceptors (Lipinski definition) is 4. The van der Waals surface area contributed by atoms with Crippen LogP contribution in [0.3, 0.4) is 0 Å². The Labute approximate surface area is 222 Å². The maximum atomic E-state index is 13.9. The average molecular weight is 519 g/mol. The number of H-pyrrole nitrogens is 1. The summed E-state index contributed by atoms with van der Waals surface area (Å²) in [5.74, 6) is -1.33. The Bertz CT molecular complexity index is 1360. The van der Waals surface area contributed by atoms with Gasteiger partial charge in [0.1, 0.15) is 5.82 Å². The van der Waals surface area contributed by atoms with Crippen molar-refractivity contribution in [3.05, 3.63) is 70.7 Å². The lowest BCUT2D eigenvalue weighted by molar-refractivity contribution is -0.127. The number of nitrogens with one attached hydrogen (secondary N) is 1. The highest BCUT2D eigenvalue weighted by Crippen LogP contribution is 2.28. The fraction of sp³-hybridized carbons (Fsp3) is 0.433. The lowest BCUT2D eigenvalue weighted by Crippen LogP contribution is -2.57. The SMILES string of the molecule is Cc1[nH]c2ccc(C(=O)C(=O)N3CCCCC3)cc2c1C(=O)N1C[C@H](C)N(Cc2ccc(F)cc2)C[C@H]1C. The minimum Gasteiger partial charge on any atom is -0.358 e. The van der Waals surface area contributed by atoms with Gasteiger partial charge in [-0.05, 0) is 75.9 Å². The number of rotatable bonds is 5. The molecule has 0 aliphatic carbocycles. The molecular formula is C30H35FN4O3. The number of nitrogens with zero attached hydrogens (tertiary/aromatic N) is 3. The molecule has 0 bridgehead atoms. The summed E-state index contributed by atoms with van der Waals surface area (Å²) in [6.07, 6.45) is 2.92. The molecule has 2 atom stereocenters. The van der Waals surface area contributed by atoms with Gasteiger partial charge >= 0.3 is 0 Å². The number of aromatic amines is 1. The molecule has 2 aromatic carbocycles.